The molecule has 20 heavy (non-hydrogen) atoms. The van der Waals surface area contributed by atoms with Crippen molar-refractivity contribution >= 4 is 17.8 Å². The molecule has 5 nitrogen and oxygen atoms in total. The molecule has 0 saturated heterocycles. The standard InChI is InChI=1S/C15H15NO4/c1-9-8-12(9)15(19)20-7-6-16-13(17)10-4-2-3-5-11(10)14(16)18/h2-5,9,12H,6-8H2,1H3/t9-,12+/m0/s1. The van der Waals surface area contributed by atoms with Crippen molar-refractivity contribution < 1.29 is 19.1 Å². The molecule has 0 aromatic heterocycles. The van der Waals surface area contributed by atoms with Gasteiger partial charge in [0.15, 0.2) is 0 Å². The third-order valence-electron chi connectivity index (χ3n) is 3.85. The van der Waals surface area contributed by atoms with Crippen LogP contribution < -0.4 is 0 Å². The summed E-state index contributed by atoms with van der Waals surface area (Å²) >= 11 is 0. The van der Waals surface area contributed by atoms with E-state index in [-0.39, 0.29) is 36.9 Å². The minimum Gasteiger partial charge on any atom is -0.464 e. The molecule has 2 aliphatic rings. The predicted octanol–water partition coefficient (Wildman–Crippen LogP) is 1.48. The van der Waals surface area contributed by atoms with Gasteiger partial charge in [0, 0.05) is 0 Å². The van der Waals surface area contributed by atoms with Crippen LogP contribution in [-0.4, -0.2) is 35.8 Å². The molecule has 2 atom stereocenters. The highest BCUT2D eigenvalue weighted by atomic mass is 16.5. The van der Waals surface area contributed by atoms with Crippen molar-refractivity contribution in [2.45, 2.75) is 13.3 Å². The fourth-order valence-electron chi connectivity index (χ4n) is 2.44. The normalized spacial score (nSPS) is 23.8. The summed E-state index contributed by atoms with van der Waals surface area (Å²) in [4.78, 5) is 36.8. The molecule has 1 aliphatic heterocycles. The number of hydrogen-bond acceptors (Lipinski definition) is 4. The molecule has 104 valence electrons. The van der Waals surface area contributed by atoms with Gasteiger partial charge in [0.1, 0.15) is 6.61 Å². The minimum absolute atomic E-state index is 0.00261. The van der Waals surface area contributed by atoms with Crippen molar-refractivity contribution in [2.75, 3.05) is 13.2 Å². The lowest BCUT2D eigenvalue weighted by Crippen LogP contribution is -2.33. The van der Waals surface area contributed by atoms with Gasteiger partial charge in [-0.1, -0.05) is 19.1 Å². The average Bonchev–Trinajstić information content (AvgIpc) is 3.14. The van der Waals surface area contributed by atoms with Crippen LogP contribution in [0.15, 0.2) is 24.3 Å². The van der Waals surface area contributed by atoms with Gasteiger partial charge in [-0.15, -0.1) is 0 Å². The van der Waals surface area contributed by atoms with Crippen LogP contribution in [0.1, 0.15) is 34.1 Å². The van der Waals surface area contributed by atoms with E-state index in [0.717, 1.165) is 11.3 Å². The Morgan fingerprint density at radius 3 is 2.30 bits per heavy atom. The number of imide groups is 1. The first-order chi connectivity index (χ1) is 9.59. The van der Waals surface area contributed by atoms with Crippen LogP contribution >= 0.6 is 0 Å². The second kappa shape index (κ2) is 4.74. The third-order valence-corrected chi connectivity index (χ3v) is 3.85. The molecule has 1 saturated carbocycles. The van der Waals surface area contributed by atoms with Gasteiger partial charge < -0.3 is 4.74 Å². The Labute approximate surface area is 116 Å². The first-order valence-corrected chi connectivity index (χ1v) is 6.71. The van der Waals surface area contributed by atoms with Crippen molar-refractivity contribution in [3.8, 4) is 0 Å². The van der Waals surface area contributed by atoms with Crippen LogP contribution in [0.2, 0.25) is 0 Å². The monoisotopic (exact) mass is 273 g/mol. The van der Waals surface area contributed by atoms with Gasteiger partial charge in [-0.25, -0.2) is 0 Å². The number of benzene rings is 1. The quantitative estimate of drug-likeness (QED) is 0.615. The SMILES string of the molecule is C[C@H]1C[C@H]1C(=O)OCCN1C(=O)c2ccccc2C1=O. The van der Waals surface area contributed by atoms with Gasteiger partial charge in [0.2, 0.25) is 0 Å². The number of amides is 2. The van der Waals surface area contributed by atoms with Crippen LogP contribution in [0.5, 0.6) is 0 Å². The first kappa shape index (κ1) is 12.8. The lowest BCUT2D eigenvalue weighted by molar-refractivity contribution is -0.145. The van der Waals surface area contributed by atoms with Crippen LogP contribution in [0.3, 0.4) is 0 Å². The van der Waals surface area contributed by atoms with Gasteiger partial charge >= 0.3 is 5.97 Å². The van der Waals surface area contributed by atoms with Crippen molar-refractivity contribution in [1.82, 2.24) is 4.90 Å². The van der Waals surface area contributed by atoms with Crippen LogP contribution in [0.25, 0.3) is 0 Å². The Morgan fingerprint density at radius 1 is 1.25 bits per heavy atom. The molecule has 0 spiro atoms. The zero-order valence-electron chi connectivity index (χ0n) is 11.2. The van der Waals surface area contributed by atoms with E-state index in [4.69, 9.17) is 4.74 Å². The molecule has 0 N–H and O–H groups in total. The highest BCUT2D eigenvalue weighted by Gasteiger charge is 2.41. The van der Waals surface area contributed by atoms with Crippen molar-refractivity contribution in [3.05, 3.63) is 35.4 Å². The lowest BCUT2D eigenvalue weighted by atomic mass is 10.1. The van der Waals surface area contributed by atoms with E-state index in [1.165, 1.54) is 0 Å². The van der Waals surface area contributed by atoms with E-state index in [9.17, 15) is 14.4 Å². The van der Waals surface area contributed by atoms with E-state index < -0.39 is 0 Å². The van der Waals surface area contributed by atoms with Gasteiger partial charge in [-0.2, -0.15) is 0 Å². The summed E-state index contributed by atoms with van der Waals surface area (Å²) in [5, 5.41) is 0. The predicted molar refractivity (Wildman–Crippen MR) is 70.0 cm³/mol. The summed E-state index contributed by atoms with van der Waals surface area (Å²) in [6.07, 6.45) is 0.867. The van der Waals surface area contributed by atoms with Gasteiger partial charge in [-0.05, 0) is 24.5 Å². The first-order valence-electron chi connectivity index (χ1n) is 6.71. The van der Waals surface area contributed by atoms with Crippen molar-refractivity contribution in [2.24, 2.45) is 11.8 Å². The Bertz CT molecular complexity index is 560. The van der Waals surface area contributed by atoms with E-state index >= 15 is 0 Å². The molecule has 0 bridgehead atoms. The summed E-state index contributed by atoms with van der Waals surface area (Å²) in [5.41, 5.74) is 0.833. The van der Waals surface area contributed by atoms with E-state index in [2.05, 4.69) is 0 Å². The Hall–Kier alpha value is -2.17. The summed E-state index contributed by atoms with van der Waals surface area (Å²) in [6, 6.07) is 6.71. The molecule has 5 heteroatoms. The maximum Gasteiger partial charge on any atom is 0.309 e. The maximum atomic E-state index is 12.0. The highest BCUT2D eigenvalue weighted by Crippen LogP contribution is 2.38. The molecule has 1 heterocycles. The van der Waals surface area contributed by atoms with Gasteiger partial charge in [0.05, 0.1) is 23.6 Å². The number of rotatable bonds is 4. The number of carbonyl (C=O) groups excluding carboxylic acids is 3. The highest BCUT2D eigenvalue weighted by molar-refractivity contribution is 6.21. The summed E-state index contributed by atoms with van der Waals surface area (Å²) in [7, 11) is 0. The zero-order chi connectivity index (χ0) is 14.3. The van der Waals surface area contributed by atoms with Crippen molar-refractivity contribution in [1.29, 1.82) is 0 Å². The Kier molecular flexibility index (Phi) is 3.04. The Balaban J connectivity index is 1.58. The lowest BCUT2D eigenvalue weighted by Gasteiger charge is -2.13. The molecular formula is C15H15NO4. The molecule has 1 aromatic rings. The Morgan fingerprint density at radius 2 is 1.80 bits per heavy atom. The van der Waals surface area contributed by atoms with Crippen LogP contribution in [-0.2, 0) is 9.53 Å². The summed E-state index contributed by atoms with van der Waals surface area (Å²) < 4.78 is 5.11. The third kappa shape index (κ3) is 2.09. The molecule has 1 aliphatic carbocycles. The number of esters is 1. The van der Waals surface area contributed by atoms with Crippen LogP contribution in [0.4, 0.5) is 0 Å². The van der Waals surface area contributed by atoms with Gasteiger partial charge in [0.25, 0.3) is 11.8 Å². The number of carbonyl (C=O) groups is 3. The second-order valence-electron chi connectivity index (χ2n) is 5.29. The molecular weight excluding hydrogens is 258 g/mol. The molecule has 0 unspecified atom stereocenters. The molecule has 1 fully saturated rings. The van der Waals surface area contributed by atoms with Gasteiger partial charge in [-0.3, -0.25) is 19.3 Å². The molecule has 2 amide bonds. The average molecular weight is 273 g/mol. The number of nitrogens with zero attached hydrogens (tertiary/aromatic N) is 1. The summed E-state index contributed by atoms with van der Waals surface area (Å²) in [5.74, 6) is -0.476. The summed E-state index contributed by atoms with van der Waals surface area (Å²) in [6.45, 7) is 2.17. The smallest absolute Gasteiger partial charge is 0.309 e. The molecule has 3 rings (SSSR count). The fraction of sp³-hybridized carbons (Fsp3) is 0.400. The maximum absolute atomic E-state index is 12.0. The number of fused-ring (bicyclic) bond motifs is 1. The fourth-order valence-corrected chi connectivity index (χ4v) is 2.44. The number of ether oxygens (including phenoxy) is 1. The second-order valence-corrected chi connectivity index (χ2v) is 5.29. The van der Waals surface area contributed by atoms with Crippen molar-refractivity contribution in [3.63, 3.8) is 0 Å². The molecule has 1 aromatic carbocycles. The zero-order valence-corrected chi connectivity index (χ0v) is 11.2. The van der Waals surface area contributed by atoms with E-state index in [1.807, 2.05) is 6.92 Å². The van der Waals surface area contributed by atoms with E-state index in [0.29, 0.717) is 17.0 Å². The minimum atomic E-state index is -0.318. The van der Waals surface area contributed by atoms with Crippen LogP contribution in [0, 0.1) is 11.8 Å². The molecule has 0 radical (unpaired) electrons. The van der Waals surface area contributed by atoms with E-state index in [1.54, 1.807) is 24.3 Å². The topological polar surface area (TPSA) is 63.7 Å². The largest absolute Gasteiger partial charge is 0.464 e. The number of hydrogen-bond donors (Lipinski definition) is 0.